The van der Waals surface area contributed by atoms with Gasteiger partial charge in [0, 0.05) is 17.2 Å². The lowest BCUT2D eigenvalue weighted by Gasteiger charge is -2.11. The van der Waals surface area contributed by atoms with Crippen LogP contribution in [0.1, 0.15) is 34.9 Å². The Morgan fingerprint density at radius 1 is 1.15 bits per heavy atom. The quantitative estimate of drug-likeness (QED) is 0.849. The molecule has 1 aliphatic rings. The highest BCUT2D eigenvalue weighted by Gasteiger charge is 2.25. The zero-order valence-corrected chi connectivity index (χ0v) is 12.2. The molecule has 0 amide bonds. The fourth-order valence-electron chi connectivity index (χ4n) is 3.12. The molecule has 2 unspecified atom stereocenters. The van der Waals surface area contributed by atoms with E-state index in [9.17, 15) is 5.11 Å². The minimum atomic E-state index is -0.319. The van der Waals surface area contributed by atoms with Gasteiger partial charge < -0.3 is 5.11 Å². The highest BCUT2D eigenvalue weighted by Crippen LogP contribution is 2.34. The number of benzene rings is 1. The van der Waals surface area contributed by atoms with E-state index < -0.39 is 0 Å². The molecule has 1 aromatic carbocycles. The zero-order valence-electron chi connectivity index (χ0n) is 12.2. The van der Waals surface area contributed by atoms with E-state index in [1.165, 1.54) is 16.8 Å². The van der Waals surface area contributed by atoms with Crippen molar-refractivity contribution in [2.45, 2.75) is 39.2 Å². The maximum Gasteiger partial charge on any atom is 0.0730 e. The Morgan fingerprint density at radius 2 is 1.90 bits per heavy atom. The molecule has 0 fully saturated rings. The van der Waals surface area contributed by atoms with E-state index in [1.54, 1.807) is 0 Å². The number of allylic oxidation sites excluding steroid dienone is 1. The minimum absolute atomic E-state index is 0.280. The summed E-state index contributed by atoms with van der Waals surface area (Å²) >= 11 is 0. The largest absolute Gasteiger partial charge is 0.389 e. The van der Waals surface area contributed by atoms with E-state index >= 15 is 0 Å². The number of rotatable bonds is 2. The highest BCUT2D eigenvalue weighted by atomic mass is 16.3. The molecule has 1 heterocycles. The molecule has 0 radical (unpaired) electrons. The smallest absolute Gasteiger partial charge is 0.0730 e. The van der Waals surface area contributed by atoms with Crippen LogP contribution in [0.3, 0.4) is 0 Å². The first-order valence-corrected chi connectivity index (χ1v) is 7.06. The first-order chi connectivity index (χ1) is 9.58. The number of aliphatic hydroxyl groups is 1. The minimum Gasteiger partial charge on any atom is -0.389 e. The van der Waals surface area contributed by atoms with Gasteiger partial charge >= 0.3 is 0 Å². The van der Waals surface area contributed by atoms with Gasteiger partial charge in [0.2, 0.25) is 0 Å². The van der Waals surface area contributed by atoms with E-state index in [1.807, 2.05) is 22.9 Å². The third-order valence-electron chi connectivity index (χ3n) is 4.12. The molecule has 1 N–H and O–H groups in total. The monoisotopic (exact) mass is 268 g/mol. The lowest BCUT2D eigenvalue weighted by Crippen LogP contribution is -2.04. The summed E-state index contributed by atoms with van der Waals surface area (Å²) in [5.74, 6) is 0.280. The number of hydrogen-bond donors (Lipinski definition) is 1. The molecule has 104 valence electrons. The Kier molecular flexibility index (Phi) is 3.22. The van der Waals surface area contributed by atoms with Crippen molar-refractivity contribution in [2.75, 3.05) is 0 Å². The van der Waals surface area contributed by atoms with Gasteiger partial charge in [0.15, 0.2) is 0 Å². The van der Waals surface area contributed by atoms with E-state index in [-0.39, 0.29) is 12.0 Å². The van der Waals surface area contributed by atoms with Gasteiger partial charge in [-0.2, -0.15) is 5.10 Å². The zero-order chi connectivity index (χ0) is 14.3. The van der Waals surface area contributed by atoms with Gasteiger partial charge in [-0.05, 0) is 38.8 Å². The lowest BCUT2D eigenvalue weighted by molar-refractivity contribution is 0.218. The molecule has 2 atom stereocenters. The molecule has 1 aromatic heterocycles. The van der Waals surface area contributed by atoms with Crippen molar-refractivity contribution in [3.63, 3.8) is 0 Å². The van der Waals surface area contributed by atoms with Crippen molar-refractivity contribution < 1.29 is 5.11 Å². The van der Waals surface area contributed by atoms with Crippen LogP contribution >= 0.6 is 0 Å². The Bertz CT molecular complexity index is 670. The third-order valence-corrected chi connectivity index (χ3v) is 4.12. The Hall–Kier alpha value is -1.87. The van der Waals surface area contributed by atoms with Gasteiger partial charge in [-0.3, -0.25) is 0 Å². The maximum absolute atomic E-state index is 9.70. The molecule has 0 saturated carbocycles. The van der Waals surface area contributed by atoms with Crippen LogP contribution in [0.4, 0.5) is 0 Å². The van der Waals surface area contributed by atoms with Crippen LogP contribution < -0.4 is 0 Å². The van der Waals surface area contributed by atoms with Crippen LogP contribution in [0.15, 0.2) is 36.4 Å². The van der Waals surface area contributed by atoms with Gasteiger partial charge in [0.05, 0.1) is 17.5 Å². The second kappa shape index (κ2) is 4.91. The molecule has 1 aliphatic carbocycles. The predicted molar refractivity (Wildman–Crippen MR) is 80.3 cm³/mol. The standard InChI is InChI=1S/C17H20N2O/c1-11-6-4-5-7-16(11)19-13(3)17(12(2)18-19)14-8-9-15(20)10-14/h4-9,14-15,20H,10H2,1-3H3. The molecular formula is C17H20N2O. The van der Waals surface area contributed by atoms with Crippen molar-refractivity contribution in [1.29, 1.82) is 0 Å². The van der Waals surface area contributed by atoms with Crippen LogP contribution in [0, 0.1) is 20.8 Å². The van der Waals surface area contributed by atoms with E-state index in [0.29, 0.717) is 0 Å². The first-order valence-electron chi connectivity index (χ1n) is 7.06. The van der Waals surface area contributed by atoms with Gasteiger partial charge in [0.1, 0.15) is 0 Å². The maximum atomic E-state index is 9.70. The first kappa shape index (κ1) is 13.1. The Labute approximate surface area is 119 Å². The molecule has 3 heteroatoms. The lowest BCUT2D eigenvalue weighted by atomic mass is 9.96. The average molecular weight is 268 g/mol. The topological polar surface area (TPSA) is 38.0 Å². The SMILES string of the molecule is Cc1ccccc1-n1nc(C)c(C2C=CC(O)C2)c1C. The third kappa shape index (κ3) is 2.08. The molecule has 0 aliphatic heterocycles. The number of hydrogen-bond acceptors (Lipinski definition) is 2. The van der Waals surface area contributed by atoms with E-state index in [0.717, 1.165) is 17.8 Å². The van der Waals surface area contributed by atoms with Gasteiger partial charge in [0.25, 0.3) is 0 Å². The van der Waals surface area contributed by atoms with Gasteiger partial charge in [-0.15, -0.1) is 0 Å². The molecule has 0 bridgehead atoms. The summed E-state index contributed by atoms with van der Waals surface area (Å²) in [5, 5.41) is 14.4. The summed E-state index contributed by atoms with van der Waals surface area (Å²) in [6, 6.07) is 8.28. The van der Waals surface area contributed by atoms with Crippen molar-refractivity contribution in [1.82, 2.24) is 9.78 Å². The summed E-state index contributed by atoms with van der Waals surface area (Å²) in [4.78, 5) is 0. The van der Waals surface area contributed by atoms with Gasteiger partial charge in [-0.25, -0.2) is 4.68 Å². The van der Waals surface area contributed by atoms with Crippen molar-refractivity contribution in [2.24, 2.45) is 0 Å². The van der Waals surface area contributed by atoms with Crippen LogP contribution in [-0.4, -0.2) is 21.0 Å². The Morgan fingerprint density at radius 3 is 2.55 bits per heavy atom. The van der Waals surface area contributed by atoms with Crippen LogP contribution in [-0.2, 0) is 0 Å². The average Bonchev–Trinajstić information content (AvgIpc) is 2.94. The molecule has 0 spiro atoms. The molecule has 2 aromatic rings. The molecule has 3 nitrogen and oxygen atoms in total. The van der Waals surface area contributed by atoms with E-state index in [2.05, 4.69) is 39.0 Å². The summed E-state index contributed by atoms with van der Waals surface area (Å²) in [6.45, 7) is 6.26. The number of aryl methyl sites for hydroxylation is 2. The fraction of sp³-hybridized carbons (Fsp3) is 0.353. The second-order valence-corrected chi connectivity index (χ2v) is 5.58. The predicted octanol–water partition coefficient (Wildman–Crippen LogP) is 3.20. The number of nitrogens with zero attached hydrogens (tertiary/aromatic N) is 2. The molecule has 20 heavy (non-hydrogen) atoms. The van der Waals surface area contributed by atoms with Gasteiger partial charge in [-0.1, -0.05) is 30.4 Å². The van der Waals surface area contributed by atoms with Crippen LogP contribution in [0.5, 0.6) is 0 Å². The molecule has 3 rings (SSSR count). The molecular weight excluding hydrogens is 248 g/mol. The fourth-order valence-corrected chi connectivity index (χ4v) is 3.12. The summed E-state index contributed by atoms with van der Waals surface area (Å²) in [7, 11) is 0. The Balaban J connectivity index is 2.08. The van der Waals surface area contributed by atoms with E-state index in [4.69, 9.17) is 5.10 Å². The van der Waals surface area contributed by atoms with Crippen molar-refractivity contribution in [3.05, 3.63) is 58.9 Å². The van der Waals surface area contributed by atoms with Crippen molar-refractivity contribution in [3.8, 4) is 5.69 Å². The number of para-hydroxylation sites is 1. The summed E-state index contributed by atoms with van der Waals surface area (Å²) in [5.41, 5.74) is 5.81. The summed E-state index contributed by atoms with van der Waals surface area (Å²) < 4.78 is 2.03. The second-order valence-electron chi connectivity index (χ2n) is 5.58. The van der Waals surface area contributed by atoms with Crippen LogP contribution in [0.2, 0.25) is 0 Å². The number of aromatic nitrogens is 2. The summed E-state index contributed by atoms with van der Waals surface area (Å²) in [6.07, 6.45) is 4.43. The number of aliphatic hydroxyl groups excluding tert-OH is 1. The van der Waals surface area contributed by atoms with Crippen LogP contribution in [0.25, 0.3) is 5.69 Å². The van der Waals surface area contributed by atoms with Crippen molar-refractivity contribution >= 4 is 0 Å². The highest BCUT2D eigenvalue weighted by molar-refractivity contribution is 5.44. The normalized spacial score (nSPS) is 21.6. The molecule has 0 saturated heterocycles.